The molecule has 1 N–H and O–H groups in total. The highest BCUT2D eigenvalue weighted by atomic mass is 32.2. The summed E-state index contributed by atoms with van der Waals surface area (Å²) in [5, 5.41) is 3.93. The van der Waals surface area contributed by atoms with Crippen LogP contribution >= 0.6 is 11.8 Å². The Balaban J connectivity index is 1.23. The number of pyridine rings is 1. The third-order valence-corrected chi connectivity index (χ3v) is 8.87. The zero-order valence-corrected chi connectivity index (χ0v) is 22.3. The fraction of sp³-hybridized carbons (Fsp3) is 0.429. The molecule has 0 radical (unpaired) electrons. The lowest BCUT2D eigenvalue weighted by atomic mass is 9.90. The SMILES string of the molecule is COc1ccc2oc(C(=O)NC3CCC(n4c(=O)c5cc(F)cnc5n(C5CCSCC5)c4=O)CC3)cc2c1. The maximum absolute atomic E-state index is 14.1. The zero-order chi connectivity index (χ0) is 27.1. The second kappa shape index (κ2) is 10.5. The lowest BCUT2D eigenvalue weighted by Crippen LogP contribution is -2.46. The second-order valence-electron chi connectivity index (χ2n) is 10.2. The Morgan fingerprint density at radius 1 is 1.05 bits per heavy atom. The Morgan fingerprint density at radius 3 is 2.54 bits per heavy atom. The summed E-state index contributed by atoms with van der Waals surface area (Å²) in [6.45, 7) is 0. The number of methoxy groups -OCH3 is 1. The van der Waals surface area contributed by atoms with Crippen LogP contribution in [0.25, 0.3) is 22.0 Å². The number of hydrogen-bond acceptors (Lipinski definition) is 7. The molecular weight excluding hydrogens is 523 g/mol. The van der Waals surface area contributed by atoms with Crippen molar-refractivity contribution >= 4 is 39.7 Å². The van der Waals surface area contributed by atoms with Crippen LogP contribution in [-0.2, 0) is 0 Å². The van der Waals surface area contributed by atoms with Gasteiger partial charge in [-0.25, -0.2) is 14.2 Å². The van der Waals surface area contributed by atoms with E-state index in [1.54, 1.807) is 29.9 Å². The molecule has 6 rings (SSSR count). The third kappa shape index (κ3) is 4.84. The molecule has 0 bridgehead atoms. The number of nitrogens with zero attached hydrogens (tertiary/aromatic N) is 3. The predicted octanol–water partition coefficient (Wildman–Crippen LogP) is 4.43. The number of ether oxygens (including phenoxy) is 1. The van der Waals surface area contributed by atoms with Crippen LogP contribution in [-0.4, -0.2) is 44.7 Å². The van der Waals surface area contributed by atoms with E-state index in [1.807, 2.05) is 17.8 Å². The topological polar surface area (TPSA) is 108 Å². The van der Waals surface area contributed by atoms with Gasteiger partial charge in [-0.1, -0.05) is 0 Å². The van der Waals surface area contributed by atoms with Crippen LogP contribution in [0.3, 0.4) is 0 Å². The quantitative estimate of drug-likeness (QED) is 0.390. The van der Waals surface area contributed by atoms with Crippen molar-refractivity contribution in [3.63, 3.8) is 0 Å². The average Bonchev–Trinajstić information content (AvgIpc) is 3.39. The Morgan fingerprint density at radius 2 is 1.79 bits per heavy atom. The lowest BCUT2D eigenvalue weighted by molar-refractivity contribution is 0.0896. The van der Waals surface area contributed by atoms with Crippen molar-refractivity contribution in [2.24, 2.45) is 0 Å². The van der Waals surface area contributed by atoms with Crippen molar-refractivity contribution in [1.82, 2.24) is 19.4 Å². The number of hydrogen-bond donors (Lipinski definition) is 1. The maximum Gasteiger partial charge on any atom is 0.333 e. The van der Waals surface area contributed by atoms with Crippen molar-refractivity contribution in [2.45, 2.75) is 56.7 Å². The van der Waals surface area contributed by atoms with Crippen LogP contribution in [0, 0.1) is 5.82 Å². The zero-order valence-electron chi connectivity index (χ0n) is 21.5. The van der Waals surface area contributed by atoms with Gasteiger partial charge in [-0.05, 0) is 80.4 Å². The first-order valence-electron chi connectivity index (χ1n) is 13.2. The van der Waals surface area contributed by atoms with Gasteiger partial charge in [0.1, 0.15) is 22.8 Å². The van der Waals surface area contributed by atoms with E-state index in [0.29, 0.717) is 37.0 Å². The van der Waals surface area contributed by atoms with E-state index < -0.39 is 11.4 Å². The van der Waals surface area contributed by atoms with Gasteiger partial charge in [0.2, 0.25) is 0 Å². The summed E-state index contributed by atoms with van der Waals surface area (Å²) in [5.74, 6) is 1.82. The Bertz CT molecular complexity index is 1660. The molecule has 3 aromatic heterocycles. The number of fused-ring (bicyclic) bond motifs is 2. The number of halogens is 1. The van der Waals surface area contributed by atoms with Crippen LogP contribution in [0.2, 0.25) is 0 Å². The van der Waals surface area contributed by atoms with Gasteiger partial charge in [-0.3, -0.25) is 18.7 Å². The van der Waals surface area contributed by atoms with Crippen molar-refractivity contribution in [3.8, 4) is 5.75 Å². The molecule has 1 aromatic carbocycles. The number of thioether (sulfide) groups is 1. The number of aromatic nitrogens is 3. The van der Waals surface area contributed by atoms with Crippen LogP contribution in [0.5, 0.6) is 5.75 Å². The highest BCUT2D eigenvalue weighted by Gasteiger charge is 2.30. The van der Waals surface area contributed by atoms with Crippen molar-refractivity contribution in [3.05, 3.63) is 68.9 Å². The number of carbonyl (C=O) groups is 1. The molecule has 1 saturated carbocycles. The van der Waals surface area contributed by atoms with Gasteiger partial charge in [0, 0.05) is 23.5 Å². The Hall–Kier alpha value is -3.60. The number of carbonyl (C=O) groups excluding carboxylic acids is 1. The van der Waals surface area contributed by atoms with Crippen LogP contribution in [0.1, 0.15) is 61.2 Å². The molecule has 39 heavy (non-hydrogen) atoms. The summed E-state index contributed by atoms with van der Waals surface area (Å²) in [5.41, 5.74) is -0.0367. The van der Waals surface area contributed by atoms with Crippen LogP contribution in [0.4, 0.5) is 4.39 Å². The fourth-order valence-electron chi connectivity index (χ4n) is 5.79. The summed E-state index contributed by atoms with van der Waals surface area (Å²) in [7, 11) is 1.58. The van der Waals surface area contributed by atoms with Gasteiger partial charge in [0.15, 0.2) is 5.76 Å². The predicted molar refractivity (Wildman–Crippen MR) is 147 cm³/mol. The van der Waals surface area contributed by atoms with Gasteiger partial charge in [-0.15, -0.1) is 0 Å². The van der Waals surface area contributed by atoms with E-state index in [0.717, 1.165) is 35.9 Å². The number of furan rings is 1. The number of nitrogens with one attached hydrogen (secondary N) is 1. The van der Waals surface area contributed by atoms with Gasteiger partial charge in [0.25, 0.3) is 11.5 Å². The van der Waals surface area contributed by atoms with E-state index in [2.05, 4.69) is 10.3 Å². The normalized spacial score (nSPS) is 20.4. The molecular formula is C28H29FN4O5S. The molecule has 11 heteroatoms. The van der Waals surface area contributed by atoms with Gasteiger partial charge in [-0.2, -0.15) is 11.8 Å². The maximum atomic E-state index is 14.1. The Labute approximate surface area is 227 Å². The molecule has 4 aromatic rings. The highest BCUT2D eigenvalue weighted by Crippen LogP contribution is 2.31. The molecule has 9 nitrogen and oxygen atoms in total. The molecule has 0 atom stereocenters. The number of amides is 1. The van der Waals surface area contributed by atoms with E-state index in [-0.39, 0.29) is 46.5 Å². The summed E-state index contributed by atoms with van der Waals surface area (Å²) in [6, 6.07) is 7.68. The van der Waals surface area contributed by atoms with Gasteiger partial charge < -0.3 is 14.5 Å². The van der Waals surface area contributed by atoms with E-state index in [4.69, 9.17) is 9.15 Å². The highest BCUT2D eigenvalue weighted by molar-refractivity contribution is 7.99. The third-order valence-electron chi connectivity index (χ3n) is 7.82. The minimum absolute atomic E-state index is 0.0783. The van der Waals surface area contributed by atoms with Gasteiger partial charge >= 0.3 is 5.69 Å². The standard InChI is InChI=1S/C28H29FN4O5S/c1-37-21-6-7-23-16(12-21)13-24(38-23)26(34)31-18-2-4-19(5-3-18)33-27(35)22-14-17(29)15-30-25(22)32(28(33)36)20-8-10-39-11-9-20/h6-7,12-15,18-20H,2-5,8-11H2,1H3,(H,31,34). The first kappa shape index (κ1) is 25.7. The minimum atomic E-state index is -0.606. The fourth-order valence-corrected chi connectivity index (χ4v) is 6.88. The Kier molecular flexibility index (Phi) is 6.92. The van der Waals surface area contributed by atoms with Crippen LogP contribution < -0.4 is 21.3 Å². The minimum Gasteiger partial charge on any atom is -0.497 e. The van der Waals surface area contributed by atoms with E-state index in [9.17, 15) is 18.8 Å². The van der Waals surface area contributed by atoms with E-state index >= 15 is 0 Å². The van der Waals surface area contributed by atoms with Crippen molar-refractivity contribution in [1.29, 1.82) is 0 Å². The lowest BCUT2D eigenvalue weighted by Gasteiger charge is -2.31. The largest absolute Gasteiger partial charge is 0.497 e. The molecule has 204 valence electrons. The smallest absolute Gasteiger partial charge is 0.333 e. The number of rotatable bonds is 5. The molecule has 2 fully saturated rings. The second-order valence-corrected chi connectivity index (χ2v) is 11.4. The molecule has 0 unspecified atom stereocenters. The summed E-state index contributed by atoms with van der Waals surface area (Å²) in [4.78, 5) is 44.3. The molecule has 0 spiro atoms. The van der Waals surface area contributed by atoms with Crippen molar-refractivity contribution in [2.75, 3.05) is 18.6 Å². The van der Waals surface area contributed by atoms with E-state index in [1.165, 1.54) is 10.6 Å². The summed E-state index contributed by atoms with van der Waals surface area (Å²) < 4.78 is 28.0. The molecule has 4 heterocycles. The molecule has 1 aliphatic carbocycles. The molecule has 1 saturated heterocycles. The first-order valence-corrected chi connectivity index (χ1v) is 14.4. The summed E-state index contributed by atoms with van der Waals surface area (Å²) in [6.07, 6.45) is 4.91. The molecule has 2 aliphatic rings. The monoisotopic (exact) mass is 552 g/mol. The molecule has 1 aliphatic heterocycles. The van der Waals surface area contributed by atoms with Gasteiger partial charge in [0.05, 0.1) is 18.7 Å². The number of benzene rings is 1. The summed E-state index contributed by atoms with van der Waals surface area (Å²) >= 11 is 1.84. The van der Waals surface area contributed by atoms with Crippen molar-refractivity contribution < 1.29 is 18.3 Å². The average molecular weight is 553 g/mol. The van der Waals surface area contributed by atoms with Crippen LogP contribution in [0.15, 0.2) is 50.5 Å². The molecule has 1 amide bonds. The first-order chi connectivity index (χ1) is 18.9.